The van der Waals surface area contributed by atoms with Crippen molar-refractivity contribution in [3.8, 4) is 0 Å². The molecule has 4 bridgehead atoms. The maximum absolute atomic E-state index is 12.3. The summed E-state index contributed by atoms with van der Waals surface area (Å²) in [6.45, 7) is 2.18. The third-order valence-electron chi connectivity index (χ3n) is 8.17. The maximum Gasteiger partial charge on any atom is 0.339 e. The number of likely N-dealkylation sites (tertiary alicyclic amines) is 1. The molecule has 4 aliphatic carbocycles. The summed E-state index contributed by atoms with van der Waals surface area (Å²) < 4.78 is 5.96. The first-order valence-electron chi connectivity index (χ1n) is 10.2. The van der Waals surface area contributed by atoms with Gasteiger partial charge in [0.2, 0.25) is 0 Å². The molecule has 4 saturated carbocycles. The second-order valence-corrected chi connectivity index (χ2v) is 9.56. The van der Waals surface area contributed by atoms with Gasteiger partial charge in [-0.15, -0.1) is 0 Å². The van der Waals surface area contributed by atoms with E-state index in [2.05, 4.69) is 11.0 Å². The predicted molar refractivity (Wildman–Crippen MR) is 95.2 cm³/mol. The van der Waals surface area contributed by atoms with Crippen molar-refractivity contribution in [3.05, 3.63) is 35.4 Å². The van der Waals surface area contributed by atoms with Gasteiger partial charge < -0.3 is 4.74 Å². The van der Waals surface area contributed by atoms with E-state index >= 15 is 0 Å². The average Bonchev–Trinajstić information content (AvgIpc) is 2.87. The van der Waals surface area contributed by atoms with Crippen LogP contribution in [0.15, 0.2) is 24.3 Å². The molecule has 25 heavy (non-hydrogen) atoms. The molecule has 0 amide bonds. The zero-order valence-electron chi connectivity index (χ0n) is 14.9. The van der Waals surface area contributed by atoms with Gasteiger partial charge in [-0.3, -0.25) is 4.90 Å². The molecule has 7 rings (SSSR count). The number of esters is 1. The highest BCUT2D eigenvalue weighted by molar-refractivity contribution is 5.94. The van der Waals surface area contributed by atoms with Crippen molar-refractivity contribution in [1.29, 1.82) is 0 Å². The monoisotopic (exact) mass is 337 g/mol. The Morgan fingerprint density at radius 1 is 0.920 bits per heavy atom. The van der Waals surface area contributed by atoms with Gasteiger partial charge in [-0.2, -0.15) is 0 Å². The second kappa shape index (κ2) is 4.88. The van der Waals surface area contributed by atoms with Crippen molar-refractivity contribution in [2.45, 2.75) is 62.5 Å². The molecule has 0 aromatic heterocycles. The Kier molecular flexibility index (Phi) is 2.88. The number of rotatable bonds is 1. The van der Waals surface area contributed by atoms with Crippen LogP contribution in [0, 0.1) is 17.8 Å². The van der Waals surface area contributed by atoms with E-state index in [4.69, 9.17) is 4.74 Å². The van der Waals surface area contributed by atoms with Crippen molar-refractivity contribution < 1.29 is 9.53 Å². The van der Waals surface area contributed by atoms with Crippen LogP contribution >= 0.6 is 0 Å². The maximum atomic E-state index is 12.3. The van der Waals surface area contributed by atoms with E-state index in [0.29, 0.717) is 5.54 Å². The molecule has 3 nitrogen and oxygen atoms in total. The minimum absolute atomic E-state index is 0.112. The van der Waals surface area contributed by atoms with Crippen molar-refractivity contribution in [2.24, 2.45) is 17.8 Å². The lowest BCUT2D eigenvalue weighted by Gasteiger charge is -2.62. The van der Waals surface area contributed by atoms with Gasteiger partial charge in [0.05, 0.1) is 5.56 Å². The summed E-state index contributed by atoms with van der Waals surface area (Å²) in [6, 6.07) is 8.04. The van der Waals surface area contributed by atoms with Crippen molar-refractivity contribution >= 4 is 5.97 Å². The molecule has 0 atom stereocenters. The minimum Gasteiger partial charge on any atom is -0.450 e. The zero-order valence-corrected chi connectivity index (χ0v) is 14.9. The molecule has 5 fully saturated rings. The predicted octanol–water partition coefficient (Wildman–Crippen LogP) is 4.12. The van der Waals surface area contributed by atoms with Gasteiger partial charge in [0, 0.05) is 37.0 Å². The summed E-state index contributed by atoms with van der Waals surface area (Å²) in [4.78, 5) is 15.1. The van der Waals surface area contributed by atoms with E-state index in [9.17, 15) is 4.79 Å². The lowest BCUT2D eigenvalue weighted by molar-refractivity contribution is -0.121. The third kappa shape index (κ3) is 1.99. The van der Waals surface area contributed by atoms with Crippen molar-refractivity contribution in [2.75, 3.05) is 13.1 Å². The van der Waals surface area contributed by atoms with Gasteiger partial charge in [-0.05, 0) is 62.3 Å². The fourth-order valence-electron chi connectivity index (χ4n) is 7.51. The number of hydrogen-bond acceptors (Lipinski definition) is 3. The molecule has 132 valence electrons. The smallest absolute Gasteiger partial charge is 0.339 e. The van der Waals surface area contributed by atoms with Gasteiger partial charge in [0.15, 0.2) is 0 Å². The summed E-state index contributed by atoms with van der Waals surface area (Å²) in [5.41, 5.74) is 2.08. The van der Waals surface area contributed by atoms with Crippen LogP contribution in [0.25, 0.3) is 0 Å². The molecule has 0 N–H and O–H groups in total. The topological polar surface area (TPSA) is 29.5 Å². The van der Waals surface area contributed by atoms with Crippen LogP contribution in [0.2, 0.25) is 0 Å². The van der Waals surface area contributed by atoms with Crippen LogP contribution < -0.4 is 0 Å². The SMILES string of the molecule is O=C1OC2(CCN(C34CC5CC(CC(C5)C3)C4)CC2)c2ccccc21. The highest BCUT2D eigenvalue weighted by Crippen LogP contribution is 2.59. The third-order valence-corrected chi connectivity index (χ3v) is 8.17. The Balaban J connectivity index is 1.26. The van der Waals surface area contributed by atoms with Gasteiger partial charge in [0.25, 0.3) is 0 Å². The van der Waals surface area contributed by atoms with E-state index in [1.165, 1.54) is 38.5 Å². The number of ether oxygens (including phenoxy) is 1. The van der Waals surface area contributed by atoms with Crippen LogP contribution in [-0.4, -0.2) is 29.5 Å². The molecule has 1 aromatic carbocycles. The van der Waals surface area contributed by atoms with E-state index in [0.717, 1.165) is 54.8 Å². The Morgan fingerprint density at radius 3 is 2.16 bits per heavy atom. The summed E-state index contributed by atoms with van der Waals surface area (Å²) in [7, 11) is 0. The van der Waals surface area contributed by atoms with Crippen LogP contribution in [0.1, 0.15) is 67.3 Å². The first-order chi connectivity index (χ1) is 12.2. The Hall–Kier alpha value is -1.35. The fraction of sp³-hybridized carbons (Fsp3) is 0.682. The average molecular weight is 337 g/mol. The second-order valence-electron chi connectivity index (χ2n) is 9.56. The van der Waals surface area contributed by atoms with Crippen LogP contribution in [0.3, 0.4) is 0 Å². The molecule has 1 saturated heterocycles. The molecule has 1 aromatic rings. The number of piperidine rings is 1. The standard InChI is InChI=1S/C22H27NO2/c24-20-18-3-1-2-4-19(18)22(25-20)5-7-23(8-6-22)21-12-15-9-16(13-21)11-17(10-15)14-21/h1-4,15-17H,5-14H2. The summed E-state index contributed by atoms with van der Waals surface area (Å²) in [5, 5.41) is 0. The Morgan fingerprint density at radius 2 is 1.52 bits per heavy atom. The summed E-state index contributed by atoms with van der Waals surface area (Å²) >= 11 is 0. The number of fused-ring (bicyclic) bond motifs is 2. The Bertz CT molecular complexity index is 696. The molecule has 2 heterocycles. The van der Waals surface area contributed by atoms with Gasteiger partial charge in [0.1, 0.15) is 5.60 Å². The zero-order chi connectivity index (χ0) is 16.6. The van der Waals surface area contributed by atoms with Crippen LogP contribution in [0.5, 0.6) is 0 Å². The van der Waals surface area contributed by atoms with Crippen molar-refractivity contribution in [3.63, 3.8) is 0 Å². The molecule has 3 heteroatoms. The lowest BCUT2D eigenvalue weighted by Crippen LogP contribution is -2.62. The molecule has 6 aliphatic rings. The van der Waals surface area contributed by atoms with Crippen LogP contribution in [-0.2, 0) is 10.3 Å². The largest absolute Gasteiger partial charge is 0.450 e. The molecule has 1 spiro atoms. The van der Waals surface area contributed by atoms with E-state index in [1.807, 2.05) is 18.2 Å². The number of nitrogens with zero attached hydrogens (tertiary/aromatic N) is 1. The number of carbonyl (C=O) groups excluding carboxylic acids is 1. The highest BCUT2D eigenvalue weighted by Gasteiger charge is 2.56. The summed E-state index contributed by atoms with van der Waals surface area (Å²) in [6.07, 6.45) is 10.7. The van der Waals surface area contributed by atoms with Gasteiger partial charge >= 0.3 is 5.97 Å². The molecule has 0 radical (unpaired) electrons. The molecular weight excluding hydrogens is 310 g/mol. The fourth-order valence-corrected chi connectivity index (χ4v) is 7.51. The lowest BCUT2D eigenvalue weighted by atomic mass is 9.52. The first-order valence-corrected chi connectivity index (χ1v) is 10.2. The van der Waals surface area contributed by atoms with Gasteiger partial charge in [-0.1, -0.05) is 18.2 Å². The van der Waals surface area contributed by atoms with Gasteiger partial charge in [-0.25, -0.2) is 4.79 Å². The van der Waals surface area contributed by atoms with Crippen LogP contribution in [0.4, 0.5) is 0 Å². The van der Waals surface area contributed by atoms with E-state index < -0.39 is 0 Å². The molecule has 0 unspecified atom stereocenters. The number of hydrogen-bond donors (Lipinski definition) is 0. The van der Waals surface area contributed by atoms with E-state index in [-0.39, 0.29) is 11.6 Å². The van der Waals surface area contributed by atoms with E-state index in [1.54, 1.807) is 0 Å². The normalized spacial score (nSPS) is 41.1. The molecule has 2 aliphatic heterocycles. The summed E-state index contributed by atoms with van der Waals surface area (Å²) in [5.74, 6) is 2.87. The Labute approximate surface area is 149 Å². The highest BCUT2D eigenvalue weighted by atomic mass is 16.6. The number of carbonyl (C=O) groups is 1. The number of benzene rings is 1. The quantitative estimate of drug-likeness (QED) is 0.722. The minimum atomic E-state index is -0.341. The molecular formula is C22H27NO2. The first kappa shape index (κ1) is 14.8. The van der Waals surface area contributed by atoms with Crippen molar-refractivity contribution in [1.82, 2.24) is 4.90 Å².